The number of benzene rings is 3. The molecule has 2 atom stereocenters. The van der Waals surface area contributed by atoms with Crippen molar-refractivity contribution in [3.63, 3.8) is 0 Å². The summed E-state index contributed by atoms with van der Waals surface area (Å²) in [5, 5.41) is 4.71. The summed E-state index contributed by atoms with van der Waals surface area (Å²) in [7, 11) is 0. The van der Waals surface area contributed by atoms with Crippen molar-refractivity contribution in [2.45, 2.75) is 44.4 Å². The Hall–Kier alpha value is -4.88. The Morgan fingerprint density at radius 2 is 1.23 bits per heavy atom. The van der Waals surface area contributed by atoms with Crippen molar-refractivity contribution < 1.29 is 55.0 Å². The number of halogens is 6. The first-order valence-electron chi connectivity index (χ1n) is 13.0. The molecule has 0 unspecified atom stereocenters. The zero-order chi connectivity index (χ0) is 32.5. The van der Waals surface area contributed by atoms with Gasteiger partial charge in [0.15, 0.2) is 12.4 Å². The lowest BCUT2D eigenvalue weighted by Gasteiger charge is -2.21. The lowest BCUT2D eigenvalue weighted by Crippen LogP contribution is -2.52. The van der Waals surface area contributed by atoms with Crippen molar-refractivity contribution in [2.24, 2.45) is 0 Å². The largest absolute Gasteiger partial charge is 0.454 e. The van der Waals surface area contributed by atoms with Gasteiger partial charge < -0.3 is 20.1 Å². The van der Waals surface area contributed by atoms with Crippen LogP contribution >= 0.6 is 0 Å². The molecule has 3 aromatic rings. The van der Waals surface area contributed by atoms with Crippen molar-refractivity contribution in [3.8, 4) is 0 Å². The predicted octanol–water partition coefficient (Wildman–Crippen LogP) is 5.49. The van der Waals surface area contributed by atoms with Crippen molar-refractivity contribution in [1.82, 2.24) is 10.6 Å². The van der Waals surface area contributed by atoms with Gasteiger partial charge in [0.05, 0.1) is 22.7 Å². The molecule has 2 N–H and O–H groups in total. The van der Waals surface area contributed by atoms with Gasteiger partial charge in [0.1, 0.15) is 12.6 Å². The third-order valence-corrected chi connectivity index (χ3v) is 6.17. The van der Waals surface area contributed by atoms with E-state index in [1.54, 1.807) is 60.7 Å². The molecule has 0 aromatic heterocycles. The van der Waals surface area contributed by atoms with Crippen LogP contribution in [0.15, 0.2) is 78.9 Å². The zero-order valence-corrected chi connectivity index (χ0v) is 23.0. The van der Waals surface area contributed by atoms with Gasteiger partial charge in [0.25, 0.3) is 0 Å². The fourth-order valence-corrected chi connectivity index (χ4v) is 3.94. The van der Waals surface area contributed by atoms with Crippen LogP contribution in [-0.2, 0) is 44.4 Å². The van der Waals surface area contributed by atoms with E-state index in [0.717, 1.165) is 6.92 Å². The average Bonchev–Trinajstić information content (AvgIpc) is 2.98. The summed E-state index contributed by atoms with van der Waals surface area (Å²) >= 11 is 0. The molecule has 234 valence electrons. The van der Waals surface area contributed by atoms with E-state index < -0.39 is 71.5 Å². The van der Waals surface area contributed by atoms with Gasteiger partial charge in [-0.05, 0) is 30.2 Å². The standard InChI is InChI=1S/C30H26F6N2O6/c1-18(24(39)17-43-27(41)25-21(29(31,32)33)13-8-14-22(25)30(34,35)36)37-26(40)23(15-19-9-4-2-5-10-19)38-28(42)44-16-20-11-6-3-7-12-20/h2-14,18,23H,15-17H2,1H3,(H,37,40)(H,38,42)/t18-,23-/m0/s1. The summed E-state index contributed by atoms with van der Waals surface area (Å²) in [6, 6.07) is 15.5. The van der Waals surface area contributed by atoms with Crippen LogP contribution in [0.5, 0.6) is 0 Å². The fraction of sp³-hybridized carbons (Fsp3) is 0.267. The van der Waals surface area contributed by atoms with Crippen molar-refractivity contribution in [1.29, 1.82) is 0 Å². The lowest BCUT2D eigenvalue weighted by molar-refractivity contribution is -0.144. The van der Waals surface area contributed by atoms with E-state index >= 15 is 0 Å². The first-order valence-corrected chi connectivity index (χ1v) is 13.0. The minimum Gasteiger partial charge on any atom is -0.454 e. The van der Waals surface area contributed by atoms with E-state index in [1.165, 1.54) is 0 Å². The maximum Gasteiger partial charge on any atom is 0.417 e. The summed E-state index contributed by atoms with van der Waals surface area (Å²) in [5.74, 6) is -3.93. The number of ketones is 1. The van der Waals surface area contributed by atoms with Crippen molar-refractivity contribution >= 4 is 23.8 Å². The second-order valence-electron chi connectivity index (χ2n) is 9.44. The molecule has 3 rings (SSSR count). The number of Topliss-reactive ketones (excluding diaryl/α,β-unsaturated/α-hetero) is 1. The van der Waals surface area contributed by atoms with Gasteiger partial charge in [0.2, 0.25) is 5.91 Å². The van der Waals surface area contributed by atoms with E-state index in [1.807, 2.05) is 0 Å². The number of esters is 1. The lowest BCUT2D eigenvalue weighted by atomic mass is 10.00. The number of hydrogen-bond donors (Lipinski definition) is 2. The number of rotatable bonds is 11. The van der Waals surface area contributed by atoms with Gasteiger partial charge in [-0.15, -0.1) is 0 Å². The first kappa shape index (κ1) is 33.6. The molecule has 0 bridgehead atoms. The highest BCUT2D eigenvalue weighted by atomic mass is 19.4. The zero-order valence-electron chi connectivity index (χ0n) is 23.0. The molecular formula is C30H26F6N2O6. The maximum absolute atomic E-state index is 13.4. The summed E-state index contributed by atoms with van der Waals surface area (Å²) in [6.07, 6.45) is -11.6. The Kier molecular flexibility index (Phi) is 11.1. The third kappa shape index (κ3) is 9.57. The SMILES string of the molecule is C[C@H](NC(=O)[C@H](Cc1ccccc1)NC(=O)OCc1ccccc1)C(=O)COC(=O)c1c(C(F)(F)F)cccc1C(F)(F)F. The summed E-state index contributed by atoms with van der Waals surface area (Å²) in [4.78, 5) is 50.5. The molecule has 2 amide bonds. The highest BCUT2D eigenvalue weighted by Crippen LogP contribution is 2.39. The third-order valence-electron chi connectivity index (χ3n) is 6.17. The minimum atomic E-state index is -5.33. The smallest absolute Gasteiger partial charge is 0.417 e. The highest BCUT2D eigenvalue weighted by Gasteiger charge is 2.43. The maximum atomic E-state index is 13.4. The number of amides is 2. The molecule has 3 aromatic carbocycles. The van der Waals surface area contributed by atoms with E-state index in [2.05, 4.69) is 15.4 Å². The van der Waals surface area contributed by atoms with E-state index in [0.29, 0.717) is 17.2 Å². The van der Waals surface area contributed by atoms with Crippen LogP contribution in [0.25, 0.3) is 0 Å². The molecule has 0 heterocycles. The normalized spacial score (nSPS) is 12.9. The number of ether oxygens (including phenoxy) is 2. The molecule has 0 aliphatic carbocycles. The van der Waals surface area contributed by atoms with Gasteiger partial charge in [-0.25, -0.2) is 9.59 Å². The Balaban J connectivity index is 1.67. The molecule has 0 aliphatic rings. The second-order valence-corrected chi connectivity index (χ2v) is 9.44. The molecule has 0 spiro atoms. The van der Waals surface area contributed by atoms with Crippen LogP contribution in [0.2, 0.25) is 0 Å². The van der Waals surface area contributed by atoms with Crippen LogP contribution in [0.3, 0.4) is 0 Å². The van der Waals surface area contributed by atoms with E-state index in [-0.39, 0.29) is 25.2 Å². The quantitative estimate of drug-likeness (QED) is 0.216. The summed E-state index contributed by atoms with van der Waals surface area (Å²) < 4.78 is 89.9. The Bertz CT molecular complexity index is 1430. The first-order chi connectivity index (χ1) is 20.7. The van der Waals surface area contributed by atoms with Gasteiger partial charge in [-0.1, -0.05) is 66.7 Å². The molecule has 8 nitrogen and oxygen atoms in total. The molecule has 0 radical (unpaired) electrons. The number of hydrogen-bond acceptors (Lipinski definition) is 6. The Morgan fingerprint density at radius 1 is 0.705 bits per heavy atom. The number of nitrogens with one attached hydrogen (secondary N) is 2. The van der Waals surface area contributed by atoms with Crippen LogP contribution in [-0.4, -0.2) is 42.4 Å². The van der Waals surface area contributed by atoms with Gasteiger partial charge in [-0.2, -0.15) is 26.3 Å². The molecule has 0 saturated carbocycles. The molecular weight excluding hydrogens is 598 g/mol. The molecule has 0 saturated heterocycles. The average molecular weight is 625 g/mol. The topological polar surface area (TPSA) is 111 Å². The van der Waals surface area contributed by atoms with Crippen LogP contribution in [0.1, 0.15) is 39.5 Å². The van der Waals surface area contributed by atoms with Gasteiger partial charge >= 0.3 is 24.4 Å². The fourth-order valence-electron chi connectivity index (χ4n) is 3.94. The van der Waals surface area contributed by atoms with E-state index in [9.17, 15) is 45.5 Å². The van der Waals surface area contributed by atoms with E-state index in [4.69, 9.17) is 4.74 Å². The number of carbonyl (C=O) groups is 4. The monoisotopic (exact) mass is 624 g/mol. The van der Waals surface area contributed by atoms with Crippen molar-refractivity contribution in [2.75, 3.05) is 6.61 Å². The van der Waals surface area contributed by atoms with Crippen LogP contribution in [0, 0.1) is 0 Å². The molecule has 0 fully saturated rings. The minimum absolute atomic E-state index is 0.0303. The molecule has 0 aliphatic heterocycles. The van der Waals surface area contributed by atoms with Gasteiger partial charge in [-0.3, -0.25) is 9.59 Å². The highest BCUT2D eigenvalue weighted by molar-refractivity contribution is 5.97. The van der Waals surface area contributed by atoms with Crippen LogP contribution < -0.4 is 10.6 Å². The van der Waals surface area contributed by atoms with Crippen LogP contribution in [0.4, 0.5) is 31.1 Å². The van der Waals surface area contributed by atoms with Gasteiger partial charge in [0, 0.05) is 6.42 Å². The number of alkyl carbamates (subject to hydrolysis) is 1. The summed E-state index contributed by atoms with van der Waals surface area (Å²) in [6.45, 7) is -0.189. The number of carbonyl (C=O) groups excluding carboxylic acids is 4. The predicted molar refractivity (Wildman–Crippen MR) is 143 cm³/mol. The second kappa shape index (κ2) is 14.5. The molecule has 14 heteroatoms. The Morgan fingerprint density at radius 3 is 1.75 bits per heavy atom. The summed E-state index contributed by atoms with van der Waals surface area (Å²) in [5.41, 5.74) is -4.26. The Labute approximate surface area is 247 Å². The van der Waals surface area contributed by atoms with Crippen molar-refractivity contribution in [3.05, 3.63) is 107 Å². The molecule has 44 heavy (non-hydrogen) atoms. The number of alkyl halides is 6.